The first-order chi connectivity index (χ1) is 13.6. The molecule has 1 heterocycles. The minimum atomic E-state index is -0.518. The van der Waals surface area contributed by atoms with Gasteiger partial charge in [0.15, 0.2) is 5.11 Å². The van der Waals surface area contributed by atoms with Gasteiger partial charge in [0.05, 0.1) is 18.2 Å². The molecule has 8 heteroatoms. The molecule has 1 aromatic rings. The lowest BCUT2D eigenvalue weighted by Crippen LogP contribution is -2.46. The van der Waals surface area contributed by atoms with Crippen molar-refractivity contribution in [3.63, 3.8) is 0 Å². The lowest BCUT2D eigenvalue weighted by molar-refractivity contribution is -0.140. The summed E-state index contributed by atoms with van der Waals surface area (Å²) in [5.41, 5.74) is 2.11. The summed E-state index contributed by atoms with van der Waals surface area (Å²) in [4.78, 5) is 26.9. The zero-order valence-electron chi connectivity index (χ0n) is 17.8. The van der Waals surface area contributed by atoms with Crippen molar-refractivity contribution < 1.29 is 19.1 Å². The van der Waals surface area contributed by atoms with Gasteiger partial charge < -0.3 is 25.0 Å². The number of hydrogen-bond donors (Lipinski definition) is 2. The van der Waals surface area contributed by atoms with Crippen LogP contribution < -0.4 is 10.6 Å². The number of allylic oxidation sites excluding steroid dienone is 1. The molecule has 0 spiro atoms. The molecule has 1 amide bonds. The van der Waals surface area contributed by atoms with Gasteiger partial charge in [-0.2, -0.15) is 0 Å². The van der Waals surface area contributed by atoms with Crippen molar-refractivity contribution in [1.82, 2.24) is 10.2 Å². The molecular weight excluding hydrogens is 390 g/mol. The molecule has 1 aliphatic rings. The summed E-state index contributed by atoms with van der Waals surface area (Å²) in [7, 11) is 3.34. The van der Waals surface area contributed by atoms with E-state index in [0.29, 0.717) is 28.7 Å². The topological polar surface area (TPSA) is 79.9 Å². The van der Waals surface area contributed by atoms with Gasteiger partial charge in [-0.15, -0.1) is 0 Å². The number of methoxy groups -OCH3 is 1. The second-order valence-corrected chi connectivity index (χ2v) is 8.29. The molecule has 0 saturated heterocycles. The van der Waals surface area contributed by atoms with Gasteiger partial charge in [-0.05, 0) is 36.8 Å². The summed E-state index contributed by atoms with van der Waals surface area (Å²) in [5.74, 6) is -0.525. The van der Waals surface area contributed by atoms with E-state index in [9.17, 15) is 9.59 Å². The molecule has 1 aromatic carbocycles. The molecule has 29 heavy (non-hydrogen) atoms. The molecular formula is C21H29N3O4S. The van der Waals surface area contributed by atoms with Crippen LogP contribution in [0.1, 0.15) is 39.3 Å². The number of nitrogens with zero attached hydrogens (tertiary/aromatic N) is 1. The zero-order chi connectivity index (χ0) is 21.8. The van der Waals surface area contributed by atoms with Crippen LogP contribution in [0.25, 0.3) is 0 Å². The van der Waals surface area contributed by atoms with E-state index in [1.54, 1.807) is 19.1 Å². The van der Waals surface area contributed by atoms with Crippen molar-refractivity contribution in [3.05, 3.63) is 41.1 Å². The first kappa shape index (κ1) is 22.8. The van der Waals surface area contributed by atoms with E-state index in [-0.39, 0.29) is 12.5 Å². The minimum absolute atomic E-state index is 0.0903. The molecule has 0 bridgehead atoms. The molecule has 2 rings (SSSR count). The summed E-state index contributed by atoms with van der Waals surface area (Å²) in [6.07, 6.45) is 0. The molecule has 2 N–H and O–H groups in total. The van der Waals surface area contributed by atoms with E-state index in [4.69, 9.17) is 21.7 Å². The number of nitrogens with one attached hydrogen (secondary N) is 2. The van der Waals surface area contributed by atoms with E-state index in [1.807, 2.05) is 52.0 Å². The van der Waals surface area contributed by atoms with Gasteiger partial charge in [0.2, 0.25) is 5.91 Å². The fourth-order valence-corrected chi connectivity index (χ4v) is 3.01. The number of carbonyl (C=O) groups excluding carboxylic acids is 2. The van der Waals surface area contributed by atoms with Crippen LogP contribution in [0.4, 0.5) is 5.69 Å². The number of hydrogen-bond acceptors (Lipinski definition) is 5. The third-order valence-corrected chi connectivity index (χ3v) is 5.05. The first-order valence-corrected chi connectivity index (χ1v) is 9.79. The molecule has 1 atom stereocenters. The van der Waals surface area contributed by atoms with Crippen molar-refractivity contribution in [2.45, 2.75) is 33.7 Å². The van der Waals surface area contributed by atoms with E-state index < -0.39 is 17.4 Å². The van der Waals surface area contributed by atoms with E-state index >= 15 is 0 Å². The summed E-state index contributed by atoms with van der Waals surface area (Å²) in [5, 5.41) is 6.62. The Hall–Kier alpha value is -2.45. The Morgan fingerprint density at radius 1 is 1.28 bits per heavy atom. The van der Waals surface area contributed by atoms with Crippen molar-refractivity contribution >= 4 is 34.9 Å². The standard InChI is InChI=1S/C21H29N3O4S/c1-13-16(18(25)28-11-10-27-6)17(23-20(29)24(13)5)14-8-7-9-15(12-14)22-19(26)21(2,3)4/h7-9,12,17H,10-11H2,1-6H3,(H,22,26)(H,23,29). The van der Waals surface area contributed by atoms with Crippen LogP contribution in [0, 0.1) is 5.41 Å². The minimum Gasteiger partial charge on any atom is -0.460 e. The fourth-order valence-electron chi connectivity index (χ4n) is 2.76. The van der Waals surface area contributed by atoms with Gasteiger partial charge in [0, 0.05) is 31.0 Å². The SMILES string of the molecule is COCCOC(=O)C1=C(C)N(C)C(=S)NC1c1cccc(NC(=O)C(C)(C)C)c1. The normalized spacial score (nSPS) is 17.1. The third kappa shape index (κ3) is 5.55. The quantitative estimate of drug-likeness (QED) is 0.417. The van der Waals surface area contributed by atoms with Crippen LogP contribution >= 0.6 is 12.2 Å². The second-order valence-electron chi connectivity index (χ2n) is 7.90. The lowest BCUT2D eigenvalue weighted by Gasteiger charge is -2.35. The van der Waals surface area contributed by atoms with Crippen LogP contribution in [-0.2, 0) is 19.1 Å². The summed E-state index contributed by atoms with van der Waals surface area (Å²) >= 11 is 5.42. The summed E-state index contributed by atoms with van der Waals surface area (Å²) < 4.78 is 10.3. The highest BCUT2D eigenvalue weighted by Crippen LogP contribution is 2.32. The molecule has 158 valence electrons. The largest absolute Gasteiger partial charge is 0.460 e. The average Bonchev–Trinajstić information content (AvgIpc) is 2.65. The van der Waals surface area contributed by atoms with Gasteiger partial charge in [-0.3, -0.25) is 4.79 Å². The Morgan fingerprint density at radius 2 is 1.97 bits per heavy atom. The number of rotatable bonds is 6. The number of anilines is 1. The number of amides is 1. The van der Waals surface area contributed by atoms with Crippen LogP contribution in [0.5, 0.6) is 0 Å². The van der Waals surface area contributed by atoms with Gasteiger partial charge in [0.1, 0.15) is 6.61 Å². The number of thiocarbonyl (C=S) groups is 1. The average molecular weight is 420 g/mol. The Kier molecular flexibility index (Phi) is 7.37. The van der Waals surface area contributed by atoms with Crippen molar-refractivity contribution in [2.75, 3.05) is 32.7 Å². The highest BCUT2D eigenvalue weighted by molar-refractivity contribution is 7.80. The van der Waals surface area contributed by atoms with E-state index in [2.05, 4.69) is 10.6 Å². The van der Waals surface area contributed by atoms with Crippen LogP contribution in [-0.4, -0.2) is 49.3 Å². The highest BCUT2D eigenvalue weighted by atomic mass is 32.1. The van der Waals surface area contributed by atoms with E-state index in [0.717, 1.165) is 5.56 Å². The van der Waals surface area contributed by atoms with Crippen LogP contribution in [0.3, 0.4) is 0 Å². The van der Waals surface area contributed by atoms with Crippen molar-refractivity contribution in [3.8, 4) is 0 Å². The lowest BCUT2D eigenvalue weighted by atomic mass is 9.94. The zero-order valence-corrected chi connectivity index (χ0v) is 18.6. The number of benzene rings is 1. The van der Waals surface area contributed by atoms with Gasteiger partial charge in [-0.1, -0.05) is 32.9 Å². The smallest absolute Gasteiger partial charge is 0.338 e. The molecule has 7 nitrogen and oxygen atoms in total. The first-order valence-electron chi connectivity index (χ1n) is 9.38. The Bertz CT molecular complexity index is 829. The van der Waals surface area contributed by atoms with Crippen LogP contribution in [0.2, 0.25) is 0 Å². The number of carbonyl (C=O) groups is 2. The molecule has 0 saturated carbocycles. The molecule has 0 fully saturated rings. The Morgan fingerprint density at radius 3 is 2.59 bits per heavy atom. The monoisotopic (exact) mass is 419 g/mol. The molecule has 0 aliphatic carbocycles. The maximum atomic E-state index is 12.8. The number of esters is 1. The highest BCUT2D eigenvalue weighted by Gasteiger charge is 2.33. The van der Waals surface area contributed by atoms with Gasteiger partial charge in [-0.25, -0.2) is 4.79 Å². The maximum Gasteiger partial charge on any atom is 0.338 e. The Labute approximate surface area is 177 Å². The predicted molar refractivity (Wildman–Crippen MR) is 116 cm³/mol. The molecule has 1 aliphatic heterocycles. The third-order valence-electron chi connectivity index (χ3n) is 4.65. The van der Waals surface area contributed by atoms with Crippen LogP contribution in [0.15, 0.2) is 35.5 Å². The Balaban J connectivity index is 2.37. The second kappa shape index (κ2) is 9.37. The molecule has 0 aromatic heterocycles. The van der Waals surface area contributed by atoms with Gasteiger partial charge >= 0.3 is 5.97 Å². The molecule has 0 radical (unpaired) electrons. The van der Waals surface area contributed by atoms with Gasteiger partial charge in [0.25, 0.3) is 0 Å². The maximum absolute atomic E-state index is 12.8. The van der Waals surface area contributed by atoms with E-state index in [1.165, 1.54) is 0 Å². The van der Waals surface area contributed by atoms with Crippen molar-refractivity contribution in [1.29, 1.82) is 0 Å². The fraction of sp³-hybridized carbons (Fsp3) is 0.476. The molecule has 1 unspecified atom stereocenters. The summed E-state index contributed by atoms with van der Waals surface area (Å²) in [6, 6.07) is 6.88. The predicted octanol–water partition coefficient (Wildman–Crippen LogP) is 3.00. The summed E-state index contributed by atoms with van der Waals surface area (Å²) in [6.45, 7) is 7.86. The number of ether oxygens (including phenoxy) is 2. The van der Waals surface area contributed by atoms with Crippen molar-refractivity contribution in [2.24, 2.45) is 5.41 Å².